The van der Waals surface area contributed by atoms with Crippen LogP contribution in [0.25, 0.3) is 0 Å². The molecule has 2 aromatic carbocycles. The van der Waals surface area contributed by atoms with Crippen LogP contribution in [-0.4, -0.2) is 0 Å². The van der Waals surface area contributed by atoms with Crippen molar-refractivity contribution < 1.29 is 8.78 Å². The summed E-state index contributed by atoms with van der Waals surface area (Å²) in [5, 5.41) is 0. The molecule has 1 unspecified atom stereocenters. The van der Waals surface area contributed by atoms with Gasteiger partial charge < -0.3 is 0 Å². The predicted molar refractivity (Wildman–Crippen MR) is 66.6 cm³/mol. The van der Waals surface area contributed by atoms with Crippen LogP contribution in [0, 0.1) is 11.6 Å². The van der Waals surface area contributed by atoms with Gasteiger partial charge in [0.25, 0.3) is 0 Å². The maximum Gasteiger partial charge on any atom is 0.126 e. The summed E-state index contributed by atoms with van der Waals surface area (Å²) in [7, 11) is 0. The molecular formula is C14H14F2N2. The Balaban J connectivity index is 2.23. The van der Waals surface area contributed by atoms with Gasteiger partial charge >= 0.3 is 0 Å². The van der Waals surface area contributed by atoms with Crippen molar-refractivity contribution in [2.24, 2.45) is 5.84 Å². The van der Waals surface area contributed by atoms with E-state index in [-0.39, 0.29) is 6.04 Å². The lowest BCUT2D eigenvalue weighted by atomic mass is 9.99. The number of nitrogens with one attached hydrogen (secondary N) is 1. The zero-order chi connectivity index (χ0) is 13.0. The van der Waals surface area contributed by atoms with Crippen LogP contribution >= 0.6 is 0 Å². The van der Waals surface area contributed by atoms with E-state index in [0.717, 1.165) is 17.7 Å². The molecule has 0 amide bonds. The third-order valence-electron chi connectivity index (χ3n) is 2.83. The highest BCUT2D eigenvalue weighted by Gasteiger charge is 2.13. The van der Waals surface area contributed by atoms with E-state index in [2.05, 4.69) is 5.43 Å². The van der Waals surface area contributed by atoms with E-state index < -0.39 is 11.6 Å². The molecule has 0 bridgehead atoms. The summed E-state index contributed by atoms with van der Waals surface area (Å²) < 4.78 is 26.6. The smallest absolute Gasteiger partial charge is 0.126 e. The van der Waals surface area contributed by atoms with Gasteiger partial charge in [0, 0.05) is 0 Å². The zero-order valence-corrected chi connectivity index (χ0v) is 9.74. The molecule has 0 saturated heterocycles. The number of nitrogens with two attached hydrogens (primary N) is 1. The molecule has 3 N–H and O–H groups in total. The van der Waals surface area contributed by atoms with Gasteiger partial charge in [-0.3, -0.25) is 11.3 Å². The summed E-state index contributed by atoms with van der Waals surface area (Å²) in [4.78, 5) is 0. The molecule has 0 aromatic heterocycles. The molecule has 0 aliphatic carbocycles. The number of hydrazine groups is 1. The van der Waals surface area contributed by atoms with Gasteiger partial charge in [0.15, 0.2) is 0 Å². The maximum atomic E-state index is 13.5. The molecule has 0 fully saturated rings. The molecule has 0 heterocycles. The Bertz CT molecular complexity index is 514. The first-order valence-electron chi connectivity index (χ1n) is 5.65. The van der Waals surface area contributed by atoms with Gasteiger partial charge in [-0.05, 0) is 35.7 Å². The monoisotopic (exact) mass is 248 g/mol. The van der Waals surface area contributed by atoms with Crippen LogP contribution < -0.4 is 11.3 Å². The first-order chi connectivity index (χ1) is 8.70. The first kappa shape index (κ1) is 12.7. The van der Waals surface area contributed by atoms with Crippen LogP contribution in [0.1, 0.15) is 17.2 Å². The van der Waals surface area contributed by atoms with Crippen molar-refractivity contribution >= 4 is 0 Å². The Labute approximate surface area is 104 Å². The predicted octanol–water partition coefficient (Wildman–Crippen LogP) is 2.71. The molecule has 0 radical (unpaired) electrons. The summed E-state index contributed by atoms with van der Waals surface area (Å²) >= 11 is 0. The van der Waals surface area contributed by atoms with E-state index in [1.165, 1.54) is 6.07 Å². The summed E-state index contributed by atoms with van der Waals surface area (Å²) in [5.74, 6) is 4.60. The standard InChI is InChI=1S/C14H14F2N2/c15-12-6-7-13(16)11(8-12)9-14(18-17)10-4-2-1-3-5-10/h1-8,14,18H,9,17H2. The van der Waals surface area contributed by atoms with Gasteiger partial charge in [0.1, 0.15) is 11.6 Å². The average Bonchev–Trinajstić information content (AvgIpc) is 2.41. The molecule has 0 aliphatic rings. The molecule has 4 heteroatoms. The summed E-state index contributed by atoms with van der Waals surface area (Å²) in [5.41, 5.74) is 3.87. The number of hydrogen-bond donors (Lipinski definition) is 2. The fraction of sp³-hybridized carbons (Fsp3) is 0.143. The molecule has 0 aliphatic heterocycles. The normalized spacial score (nSPS) is 12.4. The molecule has 0 saturated carbocycles. The molecule has 1 atom stereocenters. The lowest BCUT2D eigenvalue weighted by Gasteiger charge is -2.16. The third-order valence-corrected chi connectivity index (χ3v) is 2.83. The molecule has 18 heavy (non-hydrogen) atoms. The number of halogens is 2. The number of hydrogen-bond acceptors (Lipinski definition) is 2. The van der Waals surface area contributed by atoms with Crippen LogP contribution in [0.5, 0.6) is 0 Å². The SMILES string of the molecule is NNC(Cc1cc(F)ccc1F)c1ccccc1. The van der Waals surface area contributed by atoms with Crippen molar-refractivity contribution in [3.63, 3.8) is 0 Å². The minimum absolute atomic E-state index is 0.248. The second-order valence-corrected chi connectivity index (χ2v) is 4.07. The van der Waals surface area contributed by atoms with Crippen LogP contribution in [-0.2, 0) is 6.42 Å². The molecular weight excluding hydrogens is 234 g/mol. The van der Waals surface area contributed by atoms with Gasteiger partial charge in [-0.25, -0.2) is 8.78 Å². The van der Waals surface area contributed by atoms with Crippen molar-refractivity contribution in [1.82, 2.24) is 5.43 Å². The molecule has 2 nitrogen and oxygen atoms in total. The molecule has 2 aromatic rings. The Morgan fingerprint density at radius 1 is 1.06 bits per heavy atom. The Morgan fingerprint density at radius 3 is 2.44 bits per heavy atom. The van der Waals surface area contributed by atoms with Crippen LogP contribution in [0.4, 0.5) is 8.78 Å². The first-order valence-corrected chi connectivity index (χ1v) is 5.65. The van der Waals surface area contributed by atoms with Gasteiger partial charge in [0.05, 0.1) is 6.04 Å². The van der Waals surface area contributed by atoms with Crippen molar-refractivity contribution in [3.05, 3.63) is 71.3 Å². The van der Waals surface area contributed by atoms with Gasteiger partial charge in [-0.2, -0.15) is 0 Å². The van der Waals surface area contributed by atoms with Crippen molar-refractivity contribution in [2.45, 2.75) is 12.5 Å². The van der Waals surface area contributed by atoms with E-state index in [1.54, 1.807) is 0 Å². The highest BCUT2D eigenvalue weighted by Crippen LogP contribution is 2.20. The van der Waals surface area contributed by atoms with E-state index >= 15 is 0 Å². The van der Waals surface area contributed by atoms with E-state index in [0.29, 0.717) is 12.0 Å². The fourth-order valence-electron chi connectivity index (χ4n) is 1.88. The van der Waals surface area contributed by atoms with Crippen molar-refractivity contribution in [2.75, 3.05) is 0 Å². The Hall–Kier alpha value is -1.78. The van der Waals surface area contributed by atoms with Crippen molar-refractivity contribution in [3.8, 4) is 0 Å². The Kier molecular flexibility index (Phi) is 4.02. The Morgan fingerprint density at radius 2 is 1.78 bits per heavy atom. The second-order valence-electron chi connectivity index (χ2n) is 4.07. The molecule has 0 spiro atoms. The minimum Gasteiger partial charge on any atom is -0.271 e. The lowest BCUT2D eigenvalue weighted by molar-refractivity contribution is 0.523. The fourth-order valence-corrected chi connectivity index (χ4v) is 1.88. The van der Waals surface area contributed by atoms with Crippen LogP contribution in [0.2, 0.25) is 0 Å². The molecule has 94 valence electrons. The third kappa shape index (κ3) is 2.91. The topological polar surface area (TPSA) is 38.0 Å². The van der Waals surface area contributed by atoms with Crippen LogP contribution in [0.3, 0.4) is 0 Å². The second kappa shape index (κ2) is 5.71. The summed E-state index contributed by atoms with van der Waals surface area (Å²) in [6.45, 7) is 0. The highest BCUT2D eigenvalue weighted by molar-refractivity contribution is 5.25. The van der Waals surface area contributed by atoms with Gasteiger partial charge in [-0.1, -0.05) is 30.3 Å². The van der Waals surface area contributed by atoms with E-state index in [1.807, 2.05) is 30.3 Å². The highest BCUT2D eigenvalue weighted by atomic mass is 19.1. The maximum absolute atomic E-state index is 13.5. The number of rotatable bonds is 4. The lowest BCUT2D eigenvalue weighted by Crippen LogP contribution is -2.29. The van der Waals surface area contributed by atoms with Crippen LogP contribution in [0.15, 0.2) is 48.5 Å². The largest absolute Gasteiger partial charge is 0.271 e. The van der Waals surface area contributed by atoms with Gasteiger partial charge in [0.2, 0.25) is 0 Å². The van der Waals surface area contributed by atoms with E-state index in [4.69, 9.17) is 5.84 Å². The number of benzene rings is 2. The van der Waals surface area contributed by atoms with Crippen molar-refractivity contribution in [1.29, 1.82) is 0 Å². The minimum atomic E-state index is -0.449. The summed E-state index contributed by atoms with van der Waals surface area (Å²) in [6.07, 6.45) is 0.296. The molecule has 2 rings (SSSR count). The van der Waals surface area contributed by atoms with Gasteiger partial charge in [-0.15, -0.1) is 0 Å². The van der Waals surface area contributed by atoms with E-state index in [9.17, 15) is 8.78 Å². The average molecular weight is 248 g/mol. The zero-order valence-electron chi connectivity index (χ0n) is 9.74. The summed E-state index contributed by atoms with van der Waals surface area (Å²) in [6, 6.07) is 12.6. The quantitative estimate of drug-likeness (QED) is 0.645.